The molecule has 4 nitrogen and oxygen atoms in total. The second-order valence-electron chi connectivity index (χ2n) is 5.79. The molecule has 0 aromatic heterocycles. The Morgan fingerprint density at radius 2 is 1.95 bits per heavy atom. The van der Waals surface area contributed by atoms with E-state index < -0.39 is 0 Å². The predicted molar refractivity (Wildman–Crippen MR) is 86.5 cm³/mol. The maximum absolute atomic E-state index is 12.1. The van der Waals surface area contributed by atoms with Crippen molar-refractivity contribution >= 4 is 22.6 Å². The van der Waals surface area contributed by atoms with Crippen LogP contribution in [0.15, 0.2) is 36.4 Å². The zero-order valence-corrected chi connectivity index (χ0v) is 12.7. The van der Waals surface area contributed by atoms with E-state index in [0.29, 0.717) is 12.1 Å². The molecular formula is C18H20N2O2. The molecule has 2 N–H and O–H groups in total. The van der Waals surface area contributed by atoms with Crippen LogP contribution in [-0.4, -0.2) is 18.9 Å². The summed E-state index contributed by atoms with van der Waals surface area (Å²) in [6.45, 7) is 0.462. The first-order valence-corrected chi connectivity index (χ1v) is 7.70. The first-order valence-electron chi connectivity index (χ1n) is 7.70. The molecule has 1 fully saturated rings. The normalized spacial score (nSPS) is 14.4. The molecular weight excluding hydrogens is 276 g/mol. The van der Waals surface area contributed by atoms with Gasteiger partial charge in [0.2, 0.25) is 5.91 Å². The Morgan fingerprint density at radius 3 is 2.64 bits per heavy atom. The minimum Gasteiger partial charge on any atom is -0.355 e. The molecule has 0 unspecified atom stereocenters. The van der Waals surface area contributed by atoms with Gasteiger partial charge in [-0.25, -0.2) is 0 Å². The molecule has 0 atom stereocenters. The molecule has 0 saturated heterocycles. The Labute approximate surface area is 129 Å². The molecule has 0 bridgehead atoms. The number of carbonyl (C=O) groups excluding carboxylic acids is 2. The Kier molecular flexibility index (Phi) is 4.09. The van der Waals surface area contributed by atoms with Crippen LogP contribution < -0.4 is 10.6 Å². The van der Waals surface area contributed by atoms with Crippen LogP contribution in [0.25, 0.3) is 10.8 Å². The SMILES string of the molecule is CNC(=O)c1cc(CNC(=O)C2CCC2)cc2ccccc12. The van der Waals surface area contributed by atoms with Crippen LogP contribution >= 0.6 is 0 Å². The number of nitrogens with one attached hydrogen (secondary N) is 2. The van der Waals surface area contributed by atoms with Crippen molar-refractivity contribution in [2.75, 3.05) is 7.05 Å². The monoisotopic (exact) mass is 296 g/mol. The highest BCUT2D eigenvalue weighted by Crippen LogP contribution is 2.26. The lowest BCUT2D eigenvalue weighted by Gasteiger charge is -2.24. The van der Waals surface area contributed by atoms with Gasteiger partial charge in [-0.1, -0.05) is 30.7 Å². The highest BCUT2D eigenvalue weighted by Gasteiger charge is 2.24. The van der Waals surface area contributed by atoms with E-state index in [9.17, 15) is 9.59 Å². The molecule has 3 rings (SSSR count). The van der Waals surface area contributed by atoms with Crippen LogP contribution in [0, 0.1) is 5.92 Å². The number of carbonyl (C=O) groups is 2. The molecule has 0 radical (unpaired) electrons. The van der Waals surface area contributed by atoms with Crippen molar-refractivity contribution in [1.82, 2.24) is 10.6 Å². The van der Waals surface area contributed by atoms with Crippen molar-refractivity contribution in [3.8, 4) is 0 Å². The number of amides is 2. The summed E-state index contributed by atoms with van der Waals surface area (Å²) in [5, 5.41) is 7.59. The minimum atomic E-state index is -0.108. The van der Waals surface area contributed by atoms with Gasteiger partial charge in [-0.2, -0.15) is 0 Å². The summed E-state index contributed by atoms with van der Waals surface area (Å²) in [5.41, 5.74) is 1.60. The first kappa shape index (κ1) is 14.6. The van der Waals surface area contributed by atoms with Crippen molar-refractivity contribution in [2.45, 2.75) is 25.8 Å². The first-order chi connectivity index (χ1) is 10.7. The largest absolute Gasteiger partial charge is 0.355 e. The third-order valence-corrected chi connectivity index (χ3v) is 4.34. The standard InChI is InChI=1S/C18H20N2O2/c1-19-18(22)16-10-12(9-14-5-2-3-8-15(14)16)11-20-17(21)13-6-4-7-13/h2-3,5,8-10,13H,4,6-7,11H2,1H3,(H,19,22)(H,20,21). The van der Waals surface area contributed by atoms with Crippen molar-refractivity contribution in [2.24, 2.45) is 5.92 Å². The zero-order chi connectivity index (χ0) is 15.5. The molecule has 114 valence electrons. The van der Waals surface area contributed by atoms with Crippen LogP contribution in [0.1, 0.15) is 35.2 Å². The number of fused-ring (bicyclic) bond motifs is 1. The average molecular weight is 296 g/mol. The topological polar surface area (TPSA) is 58.2 Å². The lowest BCUT2D eigenvalue weighted by Crippen LogP contribution is -2.34. The van der Waals surface area contributed by atoms with Crippen LogP contribution in [0.4, 0.5) is 0 Å². The Morgan fingerprint density at radius 1 is 1.18 bits per heavy atom. The minimum absolute atomic E-state index is 0.108. The van der Waals surface area contributed by atoms with Gasteiger partial charge < -0.3 is 10.6 Å². The van der Waals surface area contributed by atoms with E-state index in [4.69, 9.17) is 0 Å². The fourth-order valence-corrected chi connectivity index (χ4v) is 2.80. The van der Waals surface area contributed by atoms with E-state index in [2.05, 4.69) is 10.6 Å². The quantitative estimate of drug-likeness (QED) is 0.911. The predicted octanol–water partition coefficient (Wildman–Crippen LogP) is 2.62. The molecule has 0 aliphatic heterocycles. The molecule has 0 spiro atoms. The molecule has 2 aromatic carbocycles. The van der Waals surface area contributed by atoms with E-state index in [1.165, 1.54) is 0 Å². The third-order valence-electron chi connectivity index (χ3n) is 4.34. The number of hydrogen-bond donors (Lipinski definition) is 2. The van der Waals surface area contributed by atoms with Gasteiger partial charge in [-0.3, -0.25) is 9.59 Å². The van der Waals surface area contributed by atoms with Gasteiger partial charge in [0.05, 0.1) is 0 Å². The maximum atomic E-state index is 12.1. The molecule has 0 heterocycles. The van der Waals surface area contributed by atoms with Gasteiger partial charge in [0.1, 0.15) is 0 Å². The highest BCUT2D eigenvalue weighted by molar-refractivity contribution is 6.07. The molecule has 22 heavy (non-hydrogen) atoms. The van der Waals surface area contributed by atoms with Crippen molar-refractivity contribution in [3.63, 3.8) is 0 Å². The molecule has 4 heteroatoms. The molecule has 1 aliphatic rings. The number of benzene rings is 2. The number of rotatable bonds is 4. The third kappa shape index (κ3) is 2.82. The second kappa shape index (κ2) is 6.18. The van der Waals surface area contributed by atoms with Crippen LogP contribution in [-0.2, 0) is 11.3 Å². The van der Waals surface area contributed by atoms with Crippen LogP contribution in [0.2, 0.25) is 0 Å². The lowest BCUT2D eigenvalue weighted by molar-refractivity contribution is -0.127. The van der Waals surface area contributed by atoms with Crippen molar-refractivity contribution < 1.29 is 9.59 Å². The molecule has 2 amide bonds. The lowest BCUT2D eigenvalue weighted by atomic mass is 9.85. The summed E-state index contributed by atoms with van der Waals surface area (Å²) in [4.78, 5) is 24.0. The number of hydrogen-bond acceptors (Lipinski definition) is 2. The van der Waals surface area contributed by atoms with Gasteiger partial charge in [0.15, 0.2) is 0 Å². The van der Waals surface area contributed by atoms with Crippen molar-refractivity contribution in [1.29, 1.82) is 0 Å². The smallest absolute Gasteiger partial charge is 0.251 e. The van der Waals surface area contributed by atoms with Gasteiger partial charge in [0.25, 0.3) is 5.91 Å². The summed E-state index contributed by atoms with van der Waals surface area (Å²) in [6.07, 6.45) is 3.13. The van der Waals surface area contributed by atoms with Crippen LogP contribution in [0.3, 0.4) is 0 Å². The summed E-state index contributed by atoms with van der Waals surface area (Å²) < 4.78 is 0. The fourth-order valence-electron chi connectivity index (χ4n) is 2.80. The summed E-state index contributed by atoms with van der Waals surface area (Å²) >= 11 is 0. The van der Waals surface area contributed by atoms with Crippen molar-refractivity contribution in [3.05, 3.63) is 47.5 Å². The Bertz CT molecular complexity index is 720. The Hall–Kier alpha value is -2.36. The maximum Gasteiger partial charge on any atom is 0.251 e. The van der Waals surface area contributed by atoms with E-state index in [-0.39, 0.29) is 17.7 Å². The summed E-state index contributed by atoms with van der Waals surface area (Å²) in [5.74, 6) is 0.197. The van der Waals surface area contributed by atoms with E-state index in [1.54, 1.807) is 7.05 Å². The molecule has 1 saturated carbocycles. The van der Waals surface area contributed by atoms with E-state index in [1.807, 2.05) is 36.4 Å². The average Bonchev–Trinajstić information content (AvgIpc) is 2.49. The van der Waals surface area contributed by atoms with E-state index >= 15 is 0 Å². The summed E-state index contributed by atoms with van der Waals surface area (Å²) in [7, 11) is 1.63. The van der Waals surface area contributed by atoms with Crippen LogP contribution in [0.5, 0.6) is 0 Å². The zero-order valence-electron chi connectivity index (χ0n) is 12.7. The summed E-state index contributed by atoms with van der Waals surface area (Å²) in [6, 6.07) is 11.7. The molecule has 2 aromatic rings. The van der Waals surface area contributed by atoms with E-state index in [0.717, 1.165) is 35.6 Å². The van der Waals surface area contributed by atoms with Gasteiger partial charge in [-0.05, 0) is 41.3 Å². The second-order valence-corrected chi connectivity index (χ2v) is 5.79. The highest BCUT2D eigenvalue weighted by atomic mass is 16.2. The van der Waals surface area contributed by atoms with Gasteiger partial charge in [-0.15, -0.1) is 0 Å². The fraction of sp³-hybridized carbons (Fsp3) is 0.333. The van der Waals surface area contributed by atoms with Gasteiger partial charge in [0, 0.05) is 25.1 Å². The molecule has 1 aliphatic carbocycles. The van der Waals surface area contributed by atoms with Gasteiger partial charge >= 0.3 is 0 Å². The Balaban J connectivity index is 1.86.